The Balaban J connectivity index is 1.34. The first-order valence-electron chi connectivity index (χ1n) is 19.2. The van der Waals surface area contributed by atoms with Crippen LogP contribution >= 0.6 is 11.6 Å². The van der Waals surface area contributed by atoms with Gasteiger partial charge in [0, 0.05) is 56.4 Å². The third-order valence-corrected chi connectivity index (χ3v) is 14.1. The number of aromatic nitrogens is 2. The number of methoxy groups -OCH3 is 1. The summed E-state index contributed by atoms with van der Waals surface area (Å²) in [6.45, 7) is 3.37. The van der Waals surface area contributed by atoms with Gasteiger partial charge < -0.3 is 24.4 Å². The lowest BCUT2D eigenvalue weighted by Crippen LogP contribution is -2.53. The highest BCUT2D eigenvalue weighted by Gasteiger charge is 2.49. The van der Waals surface area contributed by atoms with E-state index in [1.54, 1.807) is 45.4 Å². The predicted molar refractivity (Wildman–Crippen MR) is 215 cm³/mol. The number of carbonyl (C=O) groups excluding carboxylic acids is 3. The van der Waals surface area contributed by atoms with Crippen molar-refractivity contribution in [2.24, 2.45) is 29.2 Å². The summed E-state index contributed by atoms with van der Waals surface area (Å²) in [6.07, 6.45) is 9.60. The quantitative estimate of drug-likeness (QED) is 0.325. The molecule has 2 aromatic carbocycles. The highest BCUT2D eigenvalue weighted by Crippen LogP contribution is 2.49. The molecule has 0 saturated heterocycles. The topological polar surface area (TPSA) is 156 Å². The molecule has 2 aliphatic heterocycles. The van der Waals surface area contributed by atoms with Crippen LogP contribution in [-0.2, 0) is 33.6 Å². The fourth-order valence-corrected chi connectivity index (χ4v) is 11.0. The van der Waals surface area contributed by atoms with Gasteiger partial charge in [-0.05, 0) is 97.7 Å². The van der Waals surface area contributed by atoms with E-state index in [0.717, 1.165) is 32.1 Å². The Morgan fingerprint density at radius 2 is 2.00 bits per heavy atom. The molecule has 3 heterocycles. The second kappa shape index (κ2) is 15.5. The van der Waals surface area contributed by atoms with Crippen molar-refractivity contribution in [2.75, 3.05) is 51.6 Å². The SMILES string of the molecule is COc1nn(C)cc1C(=O)NS1(=O)=NC(=O)c2ccc3c(c2)N(C[C@@H]2CC[C@H]2[C@](O)(CC(=O)N(C)C)/C=C/C[C@H](C)C1)C[C@@]1(CCCc2cc(Cl)ccc21)CO3. The van der Waals surface area contributed by atoms with E-state index >= 15 is 0 Å². The van der Waals surface area contributed by atoms with Crippen molar-refractivity contribution in [2.45, 2.75) is 62.9 Å². The molecule has 300 valence electrons. The van der Waals surface area contributed by atoms with Gasteiger partial charge in [-0.25, -0.2) is 4.21 Å². The first-order valence-corrected chi connectivity index (χ1v) is 21.3. The summed E-state index contributed by atoms with van der Waals surface area (Å²) < 4.78 is 34.8. The highest BCUT2D eigenvalue weighted by atomic mass is 35.5. The Hall–Kier alpha value is -4.40. The smallest absolute Gasteiger partial charge is 0.286 e. The van der Waals surface area contributed by atoms with Gasteiger partial charge in [0.2, 0.25) is 11.8 Å². The Morgan fingerprint density at radius 1 is 1.20 bits per heavy atom. The molecule has 2 aliphatic carbocycles. The fourth-order valence-electron chi connectivity index (χ4n) is 8.91. The number of aliphatic hydroxyl groups is 1. The summed E-state index contributed by atoms with van der Waals surface area (Å²) >= 11 is 6.47. The maximum atomic E-state index is 14.7. The normalized spacial score (nSPS) is 29.4. The molecule has 15 heteroatoms. The third kappa shape index (κ3) is 7.92. The predicted octanol–water partition coefficient (Wildman–Crippen LogP) is 5.34. The summed E-state index contributed by atoms with van der Waals surface area (Å²) in [5.74, 6) is -1.74. The van der Waals surface area contributed by atoms with Crippen molar-refractivity contribution >= 4 is 44.9 Å². The van der Waals surface area contributed by atoms with E-state index in [4.69, 9.17) is 21.1 Å². The number of allylic oxidation sites excluding steroid dienone is 1. The van der Waals surface area contributed by atoms with Gasteiger partial charge >= 0.3 is 0 Å². The Kier molecular flexibility index (Phi) is 11.0. The van der Waals surface area contributed by atoms with Crippen LogP contribution in [0, 0.1) is 17.8 Å². The first kappa shape index (κ1) is 39.8. The molecule has 1 aromatic heterocycles. The van der Waals surface area contributed by atoms with Crippen LogP contribution in [0.5, 0.6) is 11.6 Å². The minimum absolute atomic E-state index is 0.0312. The molecule has 4 aliphatic rings. The van der Waals surface area contributed by atoms with E-state index in [2.05, 4.69) is 25.1 Å². The molecule has 6 atom stereocenters. The molecular formula is C41H51ClN6O7S. The number of carbonyl (C=O) groups is 3. The number of nitrogens with one attached hydrogen (secondary N) is 1. The molecule has 7 rings (SSSR count). The number of halogens is 1. The number of amides is 3. The van der Waals surface area contributed by atoms with Crippen LogP contribution in [0.4, 0.5) is 5.69 Å². The number of benzene rings is 2. The van der Waals surface area contributed by atoms with Gasteiger partial charge in [-0.15, -0.1) is 9.46 Å². The number of anilines is 1. The van der Waals surface area contributed by atoms with Gasteiger partial charge in [0.1, 0.15) is 21.2 Å². The molecule has 1 spiro atoms. The van der Waals surface area contributed by atoms with Crippen LogP contribution in [0.2, 0.25) is 5.02 Å². The Bertz CT molecular complexity index is 2200. The van der Waals surface area contributed by atoms with Crippen LogP contribution in [-0.4, -0.2) is 94.0 Å². The van der Waals surface area contributed by atoms with Crippen molar-refractivity contribution in [1.29, 1.82) is 0 Å². The minimum atomic E-state index is -3.73. The maximum Gasteiger partial charge on any atom is 0.286 e. The van der Waals surface area contributed by atoms with Crippen LogP contribution in [0.25, 0.3) is 0 Å². The molecule has 0 radical (unpaired) electrons. The van der Waals surface area contributed by atoms with Crippen LogP contribution in [0.1, 0.15) is 77.3 Å². The number of hydrogen-bond donors (Lipinski definition) is 2. The van der Waals surface area contributed by atoms with Crippen molar-refractivity contribution in [3.63, 3.8) is 0 Å². The zero-order valence-corrected chi connectivity index (χ0v) is 34.2. The van der Waals surface area contributed by atoms with E-state index < -0.39 is 27.3 Å². The third-order valence-electron chi connectivity index (χ3n) is 11.9. The number of rotatable bonds is 5. The van der Waals surface area contributed by atoms with E-state index in [1.165, 1.54) is 34.0 Å². The number of aryl methyl sites for hydroxylation is 2. The van der Waals surface area contributed by atoms with E-state index in [-0.39, 0.29) is 58.3 Å². The van der Waals surface area contributed by atoms with E-state index in [1.807, 2.05) is 25.1 Å². The first-order chi connectivity index (χ1) is 26.6. The van der Waals surface area contributed by atoms with Gasteiger partial charge in [-0.3, -0.25) is 23.8 Å². The average molecular weight is 807 g/mol. The van der Waals surface area contributed by atoms with Crippen LogP contribution < -0.4 is 19.1 Å². The molecule has 3 amide bonds. The number of nitrogens with zero attached hydrogens (tertiary/aromatic N) is 5. The molecule has 3 aromatic rings. The van der Waals surface area contributed by atoms with Crippen LogP contribution in [0.15, 0.2) is 59.1 Å². The lowest BCUT2D eigenvalue weighted by Gasteiger charge is -2.49. The van der Waals surface area contributed by atoms with Gasteiger partial charge in [-0.1, -0.05) is 36.7 Å². The lowest BCUT2D eigenvalue weighted by atomic mass is 9.63. The Labute approximate surface area is 333 Å². The Morgan fingerprint density at radius 3 is 2.73 bits per heavy atom. The number of fused-ring (bicyclic) bond motifs is 4. The maximum absolute atomic E-state index is 14.7. The van der Waals surface area contributed by atoms with Crippen molar-refractivity contribution in [1.82, 2.24) is 19.4 Å². The lowest BCUT2D eigenvalue weighted by molar-refractivity contribution is -0.137. The number of ether oxygens (including phenoxy) is 2. The molecule has 1 fully saturated rings. The molecule has 2 N–H and O–H groups in total. The molecular weight excluding hydrogens is 756 g/mol. The van der Waals surface area contributed by atoms with Crippen molar-refractivity contribution in [3.8, 4) is 11.6 Å². The van der Waals surface area contributed by atoms with Crippen LogP contribution in [0.3, 0.4) is 0 Å². The zero-order valence-electron chi connectivity index (χ0n) is 32.6. The van der Waals surface area contributed by atoms with Gasteiger partial charge in [0.25, 0.3) is 11.8 Å². The van der Waals surface area contributed by atoms with E-state index in [9.17, 15) is 23.7 Å². The monoisotopic (exact) mass is 806 g/mol. The molecule has 1 saturated carbocycles. The van der Waals surface area contributed by atoms with Gasteiger partial charge in [-0.2, -0.15) is 0 Å². The molecule has 2 bridgehead atoms. The standard InChI is InChI=1S/C41H51ClN6O7S/c1-26-8-6-17-41(52,20-36(49)46(2)3)33-13-10-29(33)21-48-24-40(16-7-9-27-18-30(42)12-14-32(27)40)25-55-35-15-11-28(19-34(35)48)37(50)44-56(53,23-26)45-38(51)31-22-47(4)43-39(31)54-5/h6,11-12,14-15,17-19,22,26,29,33,52H,7-10,13,16,20-21,23-25H2,1-5H3,(H,44,45,50,51,53)/b17-6+/t26-,29-,33+,40-,41+,56?/m0/s1. The number of hydrogen-bond acceptors (Lipinski definition) is 9. The minimum Gasteiger partial charge on any atom is -0.490 e. The van der Waals surface area contributed by atoms with Gasteiger partial charge in [0.05, 0.1) is 37.2 Å². The molecule has 56 heavy (non-hydrogen) atoms. The largest absolute Gasteiger partial charge is 0.490 e. The summed E-state index contributed by atoms with van der Waals surface area (Å²) in [6, 6.07) is 11.2. The zero-order chi connectivity index (χ0) is 40.0. The van der Waals surface area contributed by atoms with Crippen molar-refractivity contribution < 1.29 is 33.2 Å². The summed E-state index contributed by atoms with van der Waals surface area (Å²) in [5.41, 5.74) is 1.50. The summed E-state index contributed by atoms with van der Waals surface area (Å²) in [4.78, 5) is 44.7. The average Bonchev–Trinajstić information content (AvgIpc) is 3.44. The van der Waals surface area contributed by atoms with Gasteiger partial charge in [0.15, 0.2) is 0 Å². The highest BCUT2D eigenvalue weighted by molar-refractivity contribution is 7.92. The van der Waals surface area contributed by atoms with E-state index in [0.29, 0.717) is 42.6 Å². The molecule has 1 unspecified atom stereocenters. The second-order valence-electron chi connectivity index (χ2n) is 16.3. The summed E-state index contributed by atoms with van der Waals surface area (Å²) in [5, 5.41) is 17.3. The molecule has 13 nitrogen and oxygen atoms in total. The fraction of sp³-hybridized carbons (Fsp3) is 0.512. The second-order valence-corrected chi connectivity index (χ2v) is 18.7. The van der Waals surface area contributed by atoms with Crippen molar-refractivity contribution in [3.05, 3.63) is 82.0 Å². The summed E-state index contributed by atoms with van der Waals surface area (Å²) in [7, 11) is 2.65.